The summed E-state index contributed by atoms with van der Waals surface area (Å²) in [5.41, 5.74) is 3.06. The lowest BCUT2D eigenvalue weighted by molar-refractivity contribution is 0.0932. The molecular formula is C21H21FN6O2. The fourth-order valence-corrected chi connectivity index (χ4v) is 3.32. The summed E-state index contributed by atoms with van der Waals surface area (Å²) < 4.78 is 22.0. The number of benzene rings is 1. The van der Waals surface area contributed by atoms with Crippen LogP contribution in [0.2, 0.25) is 0 Å². The predicted molar refractivity (Wildman–Crippen MR) is 108 cm³/mol. The number of amides is 1. The molecule has 0 fully saturated rings. The average Bonchev–Trinajstić information content (AvgIpc) is 3.42. The van der Waals surface area contributed by atoms with Gasteiger partial charge in [-0.2, -0.15) is 10.1 Å². The average molecular weight is 408 g/mol. The second-order valence-corrected chi connectivity index (χ2v) is 7.12. The summed E-state index contributed by atoms with van der Waals surface area (Å²) >= 11 is 0. The molecule has 1 N–H and O–H groups in total. The Morgan fingerprint density at radius 3 is 2.47 bits per heavy atom. The van der Waals surface area contributed by atoms with Crippen LogP contribution in [0.15, 0.2) is 47.1 Å². The largest absolute Gasteiger partial charge is 0.340 e. The minimum atomic E-state index is -0.529. The molecule has 0 bridgehead atoms. The Morgan fingerprint density at radius 1 is 1.13 bits per heavy atom. The molecule has 3 heterocycles. The molecule has 3 aromatic heterocycles. The van der Waals surface area contributed by atoms with Crippen LogP contribution in [0.1, 0.15) is 40.6 Å². The molecule has 30 heavy (non-hydrogen) atoms. The molecule has 0 aliphatic carbocycles. The summed E-state index contributed by atoms with van der Waals surface area (Å²) in [6.45, 7) is 5.70. The molecule has 0 aliphatic rings. The van der Waals surface area contributed by atoms with Gasteiger partial charge in [-0.25, -0.2) is 4.39 Å². The monoisotopic (exact) mass is 408 g/mol. The summed E-state index contributed by atoms with van der Waals surface area (Å²) in [7, 11) is 1.79. The van der Waals surface area contributed by atoms with Crippen LogP contribution in [0.3, 0.4) is 0 Å². The smallest absolute Gasteiger partial charge is 0.257 e. The van der Waals surface area contributed by atoms with E-state index in [2.05, 4.69) is 20.6 Å². The Hall–Kier alpha value is -3.75. The molecule has 0 aliphatic heterocycles. The molecule has 1 aromatic carbocycles. The fourth-order valence-electron chi connectivity index (χ4n) is 3.32. The topological polar surface area (TPSA) is 90.8 Å². The van der Waals surface area contributed by atoms with Crippen molar-refractivity contribution < 1.29 is 13.7 Å². The quantitative estimate of drug-likeness (QED) is 0.546. The van der Waals surface area contributed by atoms with Gasteiger partial charge in [0.25, 0.3) is 5.91 Å². The van der Waals surface area contributed by atoms with E-state index in [0.29, 0.717) is 22.8 Å². The maximum atomic E-state index is 13.1. The number of hydrogen-bond acceptors (Lipinski definition) is 5. The molecule has 9 heteroatoms. The van der Waals surface area contributed by atoms with Gasteiger partial charge in [-0.3, -0.25) is 9.48 Å². The molecule has 1 unspecified atom stereocenters. The Morgan fingerprint density at radius 2 is 1.80 bits per heavy atom. The number of carbonyl (C=O) groups excluding carboxylic acids is 1. The third kappa shape index (κ3) is 3.49. The van der Waals surface area contributed by atoms with Crippen LogP contribution in [0, 0.1) is 19.7 Å². The van der Waals surface area contributed by atoms with E-state index in [9.17, 15) is 9.18 Å². The number of nitrogens with one attached hydrogen (secondary N) is 1. The number of hydrogen-bond donors (Lipinski definition) is 1. The Balaban J connectivity index is 1.56. The first kappa shape index (κ1) is 19.6. The molecule has 1 atom stereocenters. The molecule has 0 radical (unpaired) electrons. The lowest BCUT2D eigenvalue weighted by atomic mass is 10.2. The highest BCUT2D eigenvalue weighted by atomic mass is 19.1. The van der Waals surface area contributed by atoms with Crippen LogP contribution in [0.4, 0.5) is 4.39 Å². The van der Waals surface area contributed by atoms with E-state index in [-0.39, 0.29) is 17.6 Å². The van der Waals surface area contributed by atoms with Crippen molar-refractivity contribution in [3.63, 3.8) is 0 Å². The van der Waals surface area contributed by atoms with Gasteiger partial charge in [-0.05, 0) is 57.2 Å². The summed E-state index contributed by atoms with van der Waals surface area (Å²) in [6.07, 6.45) is 1.54. The van der Waals surface area contributed by atoms with Crippen molar-refractivity contribution in [2.24, 2.45) is 7.05 Å². The highest BCUT2D eigenvalue weighted by molar-refractivity contribution is 5.97. The minimum Gasteiger partial charge on any atom is -0.340 e. The van der Waals surface area contributed by atoms with Crippen LogP contribution < -0.4 is 5.32 Å². The minimum absolute atomic E-state index is 0.251. The number of halogens is 1. The molecule has 8 nitrogen and oxygen atoms in total. The van der Waals surface area contributed by atoms with E-state index < -0.39 is 6.04 Å². The number of rotatable bonds is 5. The third-order valence-corrected chi connectivity index (χ3v) is 4.90. The first-order valence-corrected chi connectivity index (χ1v) is 9.43. The number of nitrogens with zero attached hydrogens (tertiary/aromatic N) is 5. The van der Waals surface area contributed by atoms with Gasteiger partial charge in [0, 0.05) is 24.0 Å². The molecule has 0 saturated heterocycles. The highest BCUT2D eigenvalue weighted by Crippen LogP contribution is 2.22. The van der Waals surface area contributed by atoms with Crippen molar-refractivity contribution in [1.82, 2.24) is 29.8 Å². The van der Waals surface area contributed by atoms with Gasteiger partial charge in [0.1, 0.15) is 23.2 Å². The second kappa shape index (κ2) is 7.58. The highest BCUT2D eigenvalue weighted by Gasteiger charge is 2.23. The summed E-state index contributed by atoms with van der Waals surface area (Å²) in [5.74, 6) is 0.605. The van der Waals surface area contributed by atoms with Crippen LogP contribution in [-0.4, -0.2) is 30.4 Å². The maximum Gasteiger partial charge on any atom is 0.257 e. The fraction of sp³-hybridized carbons (Fsp3) is 0.238. The van der Waals surface area contributed by atoms with Gasteiger partial charge in [0.05, 0.1) is 6.20 Å². The van der Waals surface area contributed by atoms with E-state index in [0.717, 1.165) is 11.4 Å². The lowest BCUT2D eigenvalue weighted by Gasteiger charge is -2.14. The van der Waals surface area contributed by atoms with Gasteiger partial charge in [-0.1, -0.05) is 5.16 Å². The number of aromatic nitrogens is 5. The summed E-state index contributed by atoms with van der Waals surface area (Å²) in [5, 5.41) is 11.1. The van der Waals surface area contributed by atoms with E-state index in [1.165, 1.54) is 18.3 Å². The van der Waals surface area contributed by atoms with Crippen molar-refractivity contribution in [3.8, 4) is 17.2 Å². The predicted octanol–water partition coefficient (Wildman–Crippen LogP) is 3.51. The lowest BCUT2D eigenvalue weighted by Crippen LogP contribution is -2.28. The van der Waals surface area contributed by atoms with Gasteiger partial charge in [0.2, 0.25) is 11.7 Å². The van der Waals surface area contributed by atoms with E-state index in [1.807, 2.05) is 30.5 Å². The normalized spacial score (nSPS) is 12.2. The Labute approximate surface area is 172 Å². The zero-order valence-electron chi connectivity index (χ0n) is 17.0. The van der Waals surface area contributed by atoms with Crippen LogP contribution in [-0.2, 0) is 7.05 Å². The van der Waals surface area contributed by atoms with Crippen LogP contribution in [0.5, 0.6) is 0 Å². The molecule has 1 amide bonds. The van der Waals surface area contributed by atoms with E-state index in [1.54, 1.807) is 30.8 Å². The van der Waals surface area contributed by atoms with Crippen molar-refractivity contribution in [2.75, 3.05) is 0 Å². The van der Waals surface area contributed by atoms with Gasteiger partial charge < -0.3 is 14.4 Å². The summed E-state index contributed by atoms with van der Waals surface area (Å²) in [4.78, 5) is 17.3. The Kier molecular flexibility index (Phi) is 4.94. The number of aryl methyl sites for hydroxylation is 3. The molecule has 0 spiro atoms. The molecule has 154 valence electrons. The zero-order chi connectivity index (χ0) is 21.4. The zero-order valence-corrected chi connectivity index (χ0v) is 17.0. The van der Waals surface area contributed by atoms with Gasteiger partial charge >= 0.3 is 0 Å². The second-order valence-electron chi connectivity index (χ2n) is 7.12. The van der Waals surface area contributed by atoms with Crippen molar-refractivity contribution >= 4 is 5.91 Å². The third-order valence-electron chi connectivity index (χ3n) is 4.90. The Bertz CT molecular complexity index is 1190. The van der Waals surface area contributed by atoms with E-state index in [4.69, 9.17) is 4.52 Å². The van der Waals surface area contributed by atoms with Crippen LogP contribution in [0.25, 0.3) is 17.2 Å². The molecule has 4 aromatic rings. The first-order valence-electron chi connectivity index (χ1n) is 9.43. The van der Waals surface area contributed by atoms with Crippen molar-refractivity contribution in [1.29, 1.82) is 0 Å². The van der Waals surface area contributed by atoms with Gasteiger partial charge in [-0.15, -0.1) is 0 Å². The maximum absolute atomic E-state index is 13.1. The number of carbonyl (C=O) groups is 1. The van der Waals surface area contributed by atoms with Crippen molar-refractivity contribution in [2.45, 2.75) is 26.8 Å². The molecule has 4 rings (SSSR count). The molecular weight excluding hydrogens is 387 g/mol. The SMILES string of the molecule is Cc1ccc(C)n1-c1c(C(=O)NC(C)c2nc(-c3ccc(F)cc3)no2)cnn1C. The van der Waals surface area contributed by atoms with E-state index >= 15 is 0 Å². The molecule has 0 saturated carbocycles. The summed E-state index contributed by atoms with van der Waals surface area (Å²) in [6, 6.07) is 9.23. The first-order chi connectivity index (χ1) is 14.3. The van der Waals surface area contributed by atoms with Gasteiger partial charge in [0.15, 0.2) is 0 Å². The van der Waals surface area contributed by atoms with Crippen LogP contribution >= 0.6 is 0 Å². The van der Waals surface area contributed by atoms with Crippen molar-refractivity contribution in [3.05, 3.63) is 71.3 Å². The standard InChI is InChI=1S/C21H21FN6O2/c1-12-5-6-13(2)28(12)21-17(11-23-27(21)4)19(29)24-14(3)20-25-18(26-30-20)15-7-9-16(22)10-8-15/h5-11,14H,1-4H3,(H,24,29).